The molecule has 2 heterocycles. The lowest BCUT2D eigenvalue weighted by Gasteiger charge is -2.12. The highest BCUT2D eigenvalue weighted by Crippen LogP contribution is 2.08. The number of carbonyl (C=O) groups is 1. The summed E-state index contributed by atoms with van der Waals surface area (Å²) in [4.78, 5) is 12.0. The Bertz CT molecular complexity index is 584. The van der Waals surface area contributed by atoms with Gasteiger partial charge < -0.3 is 5.32 Å². The van der Waals surface area contributed by atoms with Crippen LogP contribution in [0.25, 0.3) is 0 Å². The Labute approximate surface area is 112 Å². The van der Waals surface area contributed by atoms with E-state index in [1.807, 2.05) is 40.2 Å². The van der Waals surface area contributed by atoms with Crippen LogP contribution in [-0.4, -0.2) is 25.5 Å². The van der Waals surface area contributed by atoms with Gasteiger partial charge in [0.25, 0.3) is 0 Å². The molecule has 0 aliphatic rings. The minimum absolute atomic E-state index is 0.0497. The number of carbonyl (C=O) groups excluding carboxylic acids is 1. The molecule has 0 spiro atoms. The highest BCUT2D eigenvalue weighted by atomic mass is 16.2. The van der Waals surface area contributed by atoms with Gasteiger partial charge in [-0.05, 0) is 26.3 Å². The van der Waals surface area contributed by atoms with Gasteiger partial charge in [0.2, 0.25) is 5.91 Å². The summed E-state index contributed by atoms with van der Waals surface area (Å²) >= 11 is 0. The van der Waals surface area contributed by atoms with Gasteiger partial charge in [0, 0.05) is 31.5 Å². The van der Waals surface area contributed by atoms with E-state index in [1.165, 1.54) is 0 Å². The van der Waals surface area contributed by atoms with Crippen molar-refractivity contribution in [3.05, 3.63) is 35.4 Å². The maximum atomic E-state index is 12.0. The molecule has 2 rings (SSSR count). The Morgan fingerprint density at radius 2 is 2.16 bits per heavy atom. The summed E-state index contributed by atoms with van der Waals surface area (Å²) in [5.41, 5.74) is 3.01. The molecule has 1 amide bonds. The molecule has 6 heteroatoms. The Hall–Kier alpha value is -2.11. The molecule has 2 aromatic heterocycles. The first kappa shape index (κ1) is 13.3. The lowest BCUT2D eigenvalue weighted by Crippen LogP contribution is -2.30. The Morgan fingerprint density at radius 1 is 1.42 bits per heavy atom. The molecule has 2 aromatic rings. The van der Waals surface area contributed by atoms with Crippen LogP contribution in [0.5, 0.6) is 0 Å². The minimum atomic E-state index is -0.314. The van der Waals surface area contributed by atoms with Crippen molar-refractivity contribution in [3.63, 3.8) is 0 Å². The first-order chi connectivity index (χ1) is 8.97. The molecule has 1 unspecified atom stereocenters. The Morgan fingerprint density at radius 3 is 2.68 bits per heavy atom. The monoisotopic (exact) mass is 261 g/mol. The van der Waals surface area contributed by atoms with E-state index in [0.717, 1.165) is 16.8 Å². The molecular weight excluding hydrogens is 242 g/mol. The van der Waals surface area contributed by atoms with Crippen molar-refractivity contribution in [2.24, 2.45) is 7.05 Å². The van der Waals surface area contributed by atoms with Crippen LogP contribution in [0.3, 0.4) is 0 Å². The minimum Gasteiger partial charge on any atom is -0.350 e. The van der Waals surface area contributed by atoms with Crippen LogP contribution >= 0.6 is 0 Å². The van der Waals surface area contributed by atoms with Gasteiger partial charge in [0.05, 0.1) is 11.9 Å². The molecule has 6 nitrogen and oxygen atoms in total. The van der Waals surface area contributed by atoms with Crippen molar-refractivity contribution in [1.82, 2.24) is 24.9 Å². The van der Waals surface area contributed by atoms with Crippen LogP contribution < -0.4 is 5.32 Å². The van der Waals surface area contributed by atoms with E-state index in [9.17, 15) is 4.79 Å². The van der Waals surface area contributed by atoms with Crippen molar-refractivity contribution < 1.29 is 4.79 Å². The third-order valence-corrected chi connectivity index (χ3v) is 3.08. The number of hydrogen-bond donors (Lipinski definition) is 1. The van der Waals surface area contributed by atoms with Gasteiger partial charge in [-0.2, -0.15) is 10.2 Å². The zero-order valence-electron chi connectivity index (χ0n) is 11.7. The topological polar surface area (TPSA) is 64.7 Å². The van der Waals surface area contributed by atoms with Crippen molar-refractivity contribution in [2.75, 3.05) is 0 Å². The van der Waals surface area contributed by atoms with Crippen LogP contribution in [0.1, 0.15) is 29.8 Å². The number of amides is 1. The normalized spacial score (nSPS) is 12.4. The van der Waals surface area contributed by atoms with E-state index in [4.69, 9.17) is 0 Å². The van der Waals surface area contributed by atoms with E-state index >= 15 is 0 Å². The number of nitrogens with zero attached hydrogens (tertiary/aromatic N) is 4. The molecule has 102 valence electrons. The van der Waals surface area contributed by atoms with Gasteiger partial charge in [-0.1, -0.05) is 0 Å². The van der Waals surface area contributed by atoms with Crippen molar-refractivity contribution >= 4 is 5.91 Å². The number of aryl methyl sites for hydroxylation is 3. The zero-order valence-corrected chi connectivity index (χ0v) is 11.7. The first-order valence-electron chi connectivity index (χ1n) is 6.25. The Balaban J connectivity index is 1.96. The predicted molar refractivity (Wildman–Crippen MR) is 71.5 cm³/mol. The highest BCUT2D eigenvalue weighted by Gasteiger charge is 2.15. The third-order valence-electron chi connectivity index (χ3n) is 3.08. The second kappa shape index (κ2) is 5.26. The molecule has 0 fully saturated rings. The van der Waals surface area contributed by atoms with E-state index in [-0.39, 0.29) is 11.9 Å². The van der Waals surface area contributed by atoms with Crippen LogP contribution in [0, 0.1) is 13.8 Å². The molecule has 0 aliphatic heterocycles. The molecule has 0 saturated carbocycles. The largest absolute Gasteiger partial charge is 0.350 e. The number of hydrogen-bond acceptors (Lipinski definition) is 3. The standard InChI is InChI=1S/C13H19N5O/c1-9-5-15-18(7-9)11(3)13(19)14-6-12-8-17(4)16-10(12)2/h5,7-8,11H,6H2,1-4H3,(H,14,19). The second-order valence-electron chi connectivity index (χ2n) is 4.80. The summed E-state index contributed by atoms with van der Waals surface area (Å²) < 4.78 is 3.41. The summed E-state index contributed by atoms with van der Waals surface area (Å²) in [6.45, 7) is 6.20. The van der Waals surface area contributed by atoms with E-state index in [0.29, 0.717) is 6.54 Å². The number of nitrogens with one attached hydrogen (secondary N) is 1. The van der Waals surface area contributed by atoms with Gasteiger partial charge >= 0.3 is 0 Å². The molecular formula is C13H19N5O. The van der Waals surface area contributed by atoms with Crippen LogP contribution in [-0.2, 0) is 18.4 Å². The quantitative estimate of drug-likeness (QED) is 0.896. The van der Waals surface area contributed by atoms with Crippen LogP contribution in [0.15, 0.2) is 18.6 Å². The Kier molecular flexibility index (Phi) is 3.69. The summed E-state index contributed by atoms with van der Waals surface area (Å²) in [6.07, 6.45) is 5.52. The average molecular weight is 261 g/mol. The fourth-order valence-electron chi connectivity index (χ4n) is 1.92. The van der Waals surface area contributed by atoms with Gasteiger partial charge in [-0.15, -0.1) is 0 Å². The smallest absolute Gasteiger partial charge is 0.244 e. The molecule has 0 saturated heterocycles. The highest BCUT2D eigenvalue weighted by molar-refractivity contribution is 5.79. The van der Waals surface area contributed by atoms with Gasteiger partial charge in [0.1, 0.15) is 6.04 Å². The van der Waals surface area contributed by atoms with Crippen molar-refractivity contribution in [3.8, 4) is 0 Å². The summed E-state index contributed by atoms with van der Waals surface area (Å²) in [7, 11) is 1.87. The summed E-state index contributed by atoms with van der Waals surface area (Å²) in [5, 5.41) is 11.3. The lowest BCUT2D eigenvalue weighted by molar-refractivity contribution is -0.124. The van der Waals surface area contributed by atoms with Crippen LogP contribution in [0.2, 0.25) is 0 Å². The molecule has 0 aromatic carbocycles. The maximum absolute atomic E-state index is 12.0. The van der Waals surface area contributed by atoms with E-state index in [1.54, 1.807) is 15.6 Å². The first-order valence-corrected chi connectivity index (χ1v) is 6.25. The predicted octanol–water partition coefficient (Wildman–Crippen LogP) is 1.11. The lowest BCUT2D eigenvalue weighted by atomic mass is 10.2. The fraction of sp³-hybridized carbons (Fsp3) is 0.462. The third kappa shape index (κ3) is 3.01. The fourth-order valence-corrected chi connectivity index (χ4v) is 1.92. The van der Waals surface area contributed by atoms with E-state index < -0.39 is 0 Å². The second-order valence-corrected chi connectivity index (χ2v) is 4.80. The van der Waals surface area contributed by atoms with Gasteiger partial charge in [-0.25, -0.2) is 0 Å². The summed E-state index contributed by atoms with van der Waals surface area (Å²) in [5.74, 6) is -0.0497. The van der Waals surface area contributed by atoms with Gasteiger partial charge in [-0.3, -0.25) is 14.2 Å². The SMILES string of the molecule is Cc1cnn(C(C)C(=O)NCc2cn(C)nc2C)c1. The molecule has 0 radical (unpaired) electrons. The molecule has 1 atom stereocenters. The zero-order chi connectivity index (χ0) is 14.0. The van der Waals surface area contributed by atoms with E-state index in [2.05, 4.69) is 15.5 Å². The number of aromatic nitrogens is 4. The van der Waals surface area contributed by atoms with Gasteiger partial charge in [0.15, 0.2) is 0 Å². The summed E-state index contributed by atoms with van der Waals surface area (Å²) in [6, 6.07) is -0.314. The maximum Gasteiger partial charge on any atom is 0.244 e. The van der Waals surface area contributed by atoms with Crippen LogP contribution in [0.4, 0.5) is 0 Å². The molecule has 0 bridgehead atoms. The van der Waals surface area contributed by atoms with Crippen molar-refractivity contribution in [1.29, 1.82) is 0 Å². The average Bonchev–Trinajstić information content (AvgIpc) is 2.91. The molecule has 0 aliphatic carbocycles. The molecule has 1 N–H and O–H groups in total. The molecule has 19 heavy (non-hydrogen) atoms. The number of rotatable bonds is 4. The van der Waals surface area contributed by atoms with Crippen molar-refractivity contribution in [2.45, 2.75) is 33.4 Å².